The Morgan fingerprint density at radius 1 is 1.35 bits per heavy atom. The molecule has 2 aliphatic rings. The third-order valence-corrected chi connectivity index (χ3v) is 4.90. The van der Waals surface area contributed by atoms with Crippen LogP contribution >= 0.6 is 11.3 Å². The van der Waals surface area contributed by atoms with Gasteiger partial charge in [-0.3, -0.25) is 4.90 Å². The fourth-order valence-electron chi connectivity index (χ4n) is 2.92. The van der Waals surface area contributed by atoms with E-state index in [0.717, 1.165) is 19.1 Å². The van der Waals surface area contributed by atoms with Crippen molar-refractivity contribution in [2.24, 2.45) is 5.73 Å². The number of anilines is 1. The standard InChI is InChI=1S/C12H20N4S/c13-7-11-8-14-12(17-11)16-6-2-5-15-4-1-3-10(15)9-16/h8,10H,1-7,9,13H2. The first-order chi connectivity index (χ1) is 8.36. The van der Waals surface area contributed by atoms with E-state index < -0.39 is 0 Å². The molecule has 4 nitrogen and oxygen atoms in total. The summed E-state index contributed by atoms with van der Waals surface area (Å²) < 4.78 is 0. The molecule has 2 N–H and O–H groups in total. The Hall–Kier alpha value is -0.650. The molecule has 0 bridgehead atoms. The van der Waals surface area contributed by atoms with Crippen LogP contribution in [0.3, 0.4) is 0 Å². The Bertz CT molecular complexity index is 378. The van der Waals surface area contributed by atoms with Crippen LogP contribution in [0.25, 0.3) is 0 Å². The number of nitrogens with two attached hydrogens (primary N) is 1. The average Bonchev–Trinajstić information content (AvgIpc) is 2.94. The highest BCUT2D eigenvalue weighted by molar-refractivity contribution is 7.15. The minimum atomic E-state index is 0.612. The molecule has 1 aromatic rings. The van der Waals surface area contributed by atoms with Crippen LogP contribution in [0, 0.1) is 0 Å². The van der Waals surface area contributed by atoms with Crippen molar-refractivity contribution < 1.29 is 0 Å². The highest BCUT2D eigenvalue weighted by Gasteiger charge is 2.29. The summed E-state index contributed by atoms with van der Waals surface area (Å²) >= 11 is 1.75. The molecule has 17 heavy (non-hydrogen) atoms. The van der Waals surface area contributed by atoms with Gasteiger partial charge in [-0.1, -0.05) is 0 Å². The van der Waals surface area contributed by atoms with E-state index in [1.807, 2.05) is 6.20 Å². The largest absolute Gasteiger partial charge is 0.346 e. The number of nitrogens with zero attached hydrogens (tertiary/aromatic N) is 3. The van der Waals surface area contributed by atoms with Crippen molar-refractivity contribution in [3.63, 3.8) is 0 Å². The van der Waals surface area contributed by atoms with Gasteiger partial charge in [-0.05, 0) is 25.8 Å². The van der Waals surface area contributed by atoms with E-state index in [0.29, 0.717) is 6.54 Å². The SMILES string of the molecule is NCc1cnc(N2CCCN3CCCC3C2)s1. The van der Waals surface area contributed by atoms with Crippen molar-refractivity contribution in [1.29, 1.82) is 0 Å². The zero-order chi connectivity index (χ0) is 11.7. The molecule has 0 amide bonds. The van der Waals surface area contributed by atoms with Crippen LogP contribution in [0.1, 0.15) is 24.1 Å². The number of rotatable bonds is 2. The number of fused-ring (bicyclic) bond motifs is 1. The lowest BCUT2D eigenvalue weighted by Gasteiger charge is -2.25. The van der Waals surface area contributed by atoms with E-state index in [-0.39, 0.29) is 0 Å². The van der Waals surface area contributed by atoms with Crippen molar-refractivity contribution in [1.82, 2.24) is 9.88 Å². The van der Waals surface area contributed by atoms with Gasteiger partial charge in [-0.25, -0.2) is 4.98 Å². The Morgan fingerprint density at radius 3 is 3.06 bits per heavy atom. The van der Waals surface area contributed by atoms with Gasteiger partial charge in [-0.2, -0.15) is 0 Å². The number of aromatic nitrogens is 1. The second kappa shape index (κ2) is 4.92. The molecule has 94 valence electrons. The minimum absolute atomic E-state index is 0.612. The summed E-state index contributed by atoms with van der Waals surface area (Å²) in [6.07, 6.45) is 5.90. The minimum Gasteiger partial charge on any atom is -0.346 e. The van der Waals surface area contributed by atoms with Gasteiger partial charge >= 0.3 is 0 Å². The van der Waals surface area contributed by atoms with Gasteiger partial charge < -0.3 is 10.6 Å². The third kappa shape index (κ3) is 2.32. The molecule has 0 aromatic carbocycles. The zero-order valence-corrected chi connectivity index (χ0v) is 11.0. The van der Waals surface area contributed by atoms with E-state index in [4.69, 9.17) is 5.73 Å². The maximum Gasteiger partial charge on any atom is 0.185 e. The Kier molecular flexibility index (Phi) is 3.31. The van der Waals surface area contributed by atoms with Crippen molar-refractivity contribution in [3.05, 3.63) is 11.1 Å². The molecule has 0 aliphatic carbocycles. The summed E-state index contributed by atoms with van der Waals surface area (Å²) in [7, 11) is 0. The van der Waals surface area contributed by atoms with Crippen LogP contribution in [0.2, 0.25) is 0 Å². The molecular weight excluding hydrogens is 232 g/mol. The maximum atomic E-state index is 5.65. The van der Waals surface area contributed by atoms with E-state index in [1.54, 1.807) is 11.3 Å². The van der Waals surface area contributed by atoms with Gasteiger partial charge in [0.15, 0.2) is 5.13 Å². The Balaban J connectivity index is 1.74. The molecule has 1 aromatic heterocycles. The lowest BCUT2D eigenvalue weighted by molar-refractivity contribution is 0.273. The first-order valence-electron chi connectivity index (χ1n) is 6.50. The number of thiazole rings is 1. The predicted octanol–water partition coefficient (Wildman–Crippen LogP) is 1.28. The quantitative estimate of drug-likeness (QED) is 0.861. The molecule has 2 aliphatic heterocycles. The molecule has 3 heterocycles. The van der Waals surface area contributed by atoms with Crippen molar-refractivity contribution in [3.8, 4) is 0 Å². The van der Waals surface area contributed by atoms with E-state index >= 15 is 0 Å². The molecule has 0 spiro atoms. The first-order valence-corrected chi connectivity index (χ1v) is 7.32. The van der Waals surface area contributed by atoms with Crippen molar-refractivity contribution in [2.45, 2.75) is 31.8 Å². The number of hydrogen-bond donors (Lipinski definition) is 1. The highest BCUT2D eigenvalue weighted by atomic mass is 32.1. The Labute approximate surface area is 106 Å². The molecule has 0 saturated carbocycles. The van der Waals surface area contributed by atoms with Gasteiger partial charge in [0.05, 0.1) is 0 Å². The smallest absolute Gasteiger partial charge is 0.185 e. The van der Waals surface area contributed by atoms with Gasteiger partial charge in [0.25, 0.3) is 0 Å². The van der Waals surface area contributed by atoms with Crippen LogP contribution < -0.4 is 10.6 Å². The predicted molar refractivity (Wildman–Crippen MR) is 71.4 cm³/mol. The lowest BCUT2D eigenvalue weighted by Crippen LogP contribution is -2.36. The van der Waals surface area contributed by atoms with Crippen LogP contribution in [0.15, 0.2) is 6.20 Å². The van der Waals surface area contributed by atoms with Crippen LogP contribution in [-0.2, 0) is 6.54 Å². The molecule has 2 saturated heterocycles. The summed E-state index contributed by atoms with van der Waals surface area (Å²) in [6, 6.07) is 0.753. The van der Waals surface area contributed by atoms with Crippen molar-refractivity contribution >= 4 is 16.5 Å². The summed E-state index contributed by atoms with van der Waals surface area (Å²) in [6.45, 7) is 5.46. The maximum absolute atomic E-state index is 5.65. The highest BCUT2D eigenvalue weighted by Crippen LogP contribution is 2.27. The molecule has 1 atom stereocenters. The molecule has 5 heteroatoms. The van der Waals surface area contributed by atoms with Crippen molar-refractivity contribution in [2.75, 3.05) is 31.1 Å². The van der Waals surface area contributed by atoms with Gasteiger partial charge in [0, 0.05) is 43.3 Å². The fraction of sp³-hybridized carbons (Fsp3) is 0.750. The van der Waals surface area contributed by atoms with Gasteiger partial charge in [0.2, 0.25) is 0 Å². The van der Waals surface area contributed by atoms with E-state index in [9.17, 15) is 0 Å². The van der Waals surface area contributed by atoms with Gasteiger partial charge in [0.1, 0.15) is 0 Å². The van der Waals surface area contributed by atoms with E-state index in [2.05, 4.69) is 14.8 Å². The van der Waals surface area contributed by atoms with Crippen LogP contribution in [-0.4, -0.2) is 42.1 Å². The van der Waals surface area contributed by atoms with Crippen LogP contribution in [0.4, 0.5) is 5.13 Å². The Morgan fingerprint density at radius 2 is 2.24 bits per heavy atom. The van der Waals surface area contributed by atoms with E-state index in [1.165, 1.54) is 42.4 Å². The molecule has 2 fully saturated rings. The monoisotopic (exact) mass is 252 g/mol. The number of hydrogen-bond acceptors (Lipinski definition) is 5. The lowest BCUT2D eigenvalue weighted by atomic mass is 10.2. The summed E-state index contributed by atoms with van der Waals surface area (Å²) in [5, 5.41) is 1.17. The van der Waals surface area contributed by atoms with Gasteiger partial charge in [-0.15, -0.1) is 11.3 Å². The molecule has 3 rings (SSSR count). The topological polar surface area (TPSA) is 45.4 Å². The van der Waals surface area contributed by atoms with Crippen LogP contribution in [0.5, 0.6) is 0 Å². The molecular formula is C12H20N4S. The molecule has 1 unspecified atom stereocenters. The summed E-state index contributed by atoms with van der Waals surface area (Å²) in [4.78, 5) is 10.8. The second-order valence-corrected chi connectivity index (χ2v) is 6.04. The molecule has 0 radical (unpaired) electrons. The summed E-state index contributed by atoms with van der Waals surface area (Å²) in [5.41, 5.74) is 5.65. The fourth-order valence-corrected chi connectivity index (χ4v) is 3.74. The summed E-state index contributed by atoms with van der Waals surface area (Å²) in [5.74, 6) is 0. The average molecular weight is 252 g/mol. The first kappa shape index (κ1) is 11.4. The second-order valence-electron chi connectivity index (χ2n) is 4.94. The third-order valence-electron chi connectivity index (χ3n) is 3.82. The zero-order valence-electron chi connectivity index (χ0n) is 10.1. The normalized spacial score (nSPS) is 25.9.